The maximum absolute atomic E-state index is 11.8. The molecule has 0 spiro atoms. The standard InChI is InChI=1S/C14H20N2O/c1-3-10(2)14(17)16-12-7-6-11-5-4-8-15-13(11)9-12/h6-7,9-10,15H,3-5,8H2,1-2H3,(H,16,17)/t10-/m0/s1. The van der Waals surface area contributed by atoms with Gasteiger partial charge in [0.1, 0.15) is 0 Å². The first-order valence-electron chi connectivity index (χ1n) is 6.38. The number of carbonyl (C=O) groups is 1. The van der Waals surface area contributed by atoms with Gasteiger partial charge in [-0.1, -0.05) is 19.9 Å². The Morgan fingerprint density at radius 2 is 2.35 bits per heavy atom. The summed E-state index contributed by atoms with van der Waals surface area (Å²) >= 11 is 0. The third-order valence-corrected chi connectivity index (χ3v) is 3.38. The van der Waals surface area contributed by atoms with E-state index in [1.807, 2.05) is 26.0 Å². The Bertz CT molecular complexity index is 415. The van der Waals surface area contributed by atoms with Crippen LogP contribution in [0.1, 0.15) is 32.3 Å². The number of aryl methyl sites for hydroxylation is 1. The summed E-state index contributed by atoms with van der Waals surface area (Å²) in [5.74, 6) is 0.169. The highest BCUT2D eigenvalue weighted by molar-refractivity contribution is 5.92. The zero-order valence-electron chi connectivity index (χ0n) is 10.5. The average Bonchev–Trinajstić information content (AvgIpc) is 2.37. The second-order valence-electron chi connectivity index (χ2n) is 4.70. The lowest BCUT2D eigenvalue weighted by molar-refractivity contribution is -0.119. The Balaban J connectivity index is 2.09. The van der Waals surface area contributed by atoms with Gasteiger partial charge in [0.05, 0.1) is 0 Å². The molecule has 0 aliphatic carbocycles. The monoisotopic (exact) mass is 232 g/mol. The lowest BCUT2D eigenvalue weighted by Crippen LogP contribution is -2.20. The second kappa shape index (κ2) is 5.21. The Morgan fingerprint density at radius 1 is 1.53 bits per heavy atom. The molecule has 1 atom stereocenters. The predicted octanol–water partition coefficient (Wildman–Crippen LogP) is 3.03. The van der Waals surface area contributed by atoms with Gasteiger partial charge in [-0.2, -0.15) is 0 Å². The van der Waals surface area contributed by atoms with Crippen LogP contribution in [-0.4, -0.2) is 12.5 Å². The first-order valence-corrected chi connectivity index (χ1v) is 6.38. The van der Waals surface area contributed by atoms with Crippen molar-refractivity contribution in [2.45, 2.75) is 33.1 Å². The molecule has 1 aliphatic rings. The molecule has 3 heteroatoms. The van der Waals surface area contributed by atoms with E-state index in [2.05, 4.69) is 16.7 Å². The van der Waals surface area contributed by atoms with Crippen molar-refractivity contribution in [2.24, 2.45) is 5.92 Å². The van der Waals surface area contributed by atoms with Crippen LogP contribution in [0.2, 0.25) is 0 Å². The number of anilines is 2. The lowest BCUT2D eigenvalue weighted by Gasteiger charge is -2.19. The molecule has 1 amide bonds. The van der Waals surface area contributed by atoms with Gasteiger partial charge in [0, 0.05) is 23.8 Å². The molecule has 0 bridgehead atoms. The number of rotatable bonds is 3. The maximum Gasteiger partial charge on any atom is 0.227 e. The molecule has 0 radical (unpaired) electrons. The van der Waals surface area contributed by atoms with Gasteiger partial charge in [0.2, 0.25) is 5.91 Å². The van der Waals surface area contributed by atoms with Crippen LogP contribution in [0, 0.1) is 5.92 Å². The van der Waals surface area contributed by atoms with Crippen LogP contribution in [0.5, 0.6) is 0 Å². The maximum atomic E-state index is 11.8. The molecule has 0 fully saturated rings. The van der Waals surface area contributed by atoms with Crippen LogP contribution in [0.25, 0.3) is 0 Å². The highest BCUT2D eigenvalue weighted by Crippen LogP contribution is 2.25. The van der Waals surface area contributed by atoms with E-state index in [9.17, 15) is 4.79 Å². The highest BCUT2D eigenvalue weighted by Gasteiger charge is 2.13. The van der Waals surface area contributed by atoms with Crippen LogP contribution >= 0.6 is 0 Å². The van der Waals surface area contributed by atoms with E-state index in [0.717, 1.165) is 25.1 Å². The minimum atomic E-state index is 0.0685. The van der Waals surface area contributed by atoms with Gasteiger partial charge in [0.15, 0.2) is 0 Å². The number of hydrogen-bond acceptors (Lipinski definition) is 2. The van der Waals surface area contributed by atoms with Gasteiger partial charge < -0.3 is 10.6 Å². The summed E-state index contributed by atoms with van der Waals surface area (Å²) in [6.07, 6.45) is 3.18. The molecule has 3 nitrogen and oxygen atoms in total. The van der Waals surface area contributed by atoms with Crippen molar-refractivity contribution in [3.63, 3.8) is 0 Å². The average molecular weight is 232 g/mol. The topological polar surface area (TPSA) is 41.1 Å². The molecule has 0 saturated heterocycles. The van der Waals surface area contributed by atoms with E-state index in [4.69, 9.17) is 0 Å². The highest BCUT2D eigenvalue weighted by atomic mass is 16.1. The van der Waals surface area contributed by atoms with Crippen molar-refractivity contribution < 1.29 is 4.79 Å². The Hall–Kier alpha value is -1.51. The normalized spacial score (nSPS) is 15.6. The smallest absolute Gasteiger partial charge is 0.227 e. The summed E-state index contributed by atoms with van der Waals surface area (Å²) in [4.78, 5) is 11.8. The zero-order chi connectivity index (χ0) is 12.3. The third-order valence-electron chi connectivity index (χ3n) is 3.38. The van der Waals surface area contributed by atoms with E-state index in [0.29, 0.717) is 0 Å². The quantitative estimate of drug-likeness (QED) is 0.841. The molecule has 0 unspecified atom stereocenters. The molecule has 92 valence electrons. The summed E-state index contributed by atoms with van der Waals surface area (Å²) in [7, 11) is 0. The minimum absolute atomic E-state index is 0.0685. The van der Waals surface area contributed by atoms with Crippen molar-refractivity contribution in [2.75, 3.05) is 17.2 Å². The number of amides is 1. The largest absolute Gasteiger partial charge is 0.385 e. The van der Waals surface area contributed by atoms with Gasteiger partial charge in [0.25, 0.3) is 0 Å². The molecular weight excluding hydrogens is 212 g/mol. The number of fused-ring (bicyclic) bond motifs is 1. The summed E-state index contributed by atoms with van der Waals surface area (Å²) in [6.45, 7) is 5.00. The van der Waals surface area contributed by atoms with Crippen molar-refractivity contribution in [3.05, 3.63) is 23.8 Å². The number of benzene rings is 1. The minimum Gasteiger partial charge on any atom is -0.385 e. The molecule has 0 aromatic heterocycles. The van der Waals surface area contributed by atoms with Crippen LogP contribution in [0.15, 0.2) is 18.2 Å². The van der Waals surface area contributed by atoms with Crippen molar-refractivity contribution in [3.8, 4) is 0 Å². The third kappa shape index (κ3) is 2.78. The first-order chi connectivity index (χ1) is 8.20. The van der Waals surface area contributed by atoms with Crippen molar-refractivity contribution in [1.82, 2.24) is 0 Å². The Kier molecular flexibility index (Phi) is 3.67. The van der Waals surface area contributed by atoms with E-state index in [-0.39, 0.29) is 11.8 Å². The van der Waals surface area contributed by atoms with Crippen LogP contribution in [0.3, 0.4) is 0 Å². The molecule has 1 aliphatic heterocycles. The number of hydrogen-bond donors (Lipinski definition) is 2. The summed E-state index contributed by atoms with van der Waals surface area (Å²) in [5, 5.41) is 6.33. The zero-order valence-corrected chi connectivity index (χ0v) is 10.5. The van der Waals surface area contributed by atoms with Crippen molar-refractivity contribution in [1.29, 1.82) is 0 Å². The SMILES string of the molecule is CC[C@H](C)C(=O)Nc1ccc2c(c1)NCCC2. The van der Waals surface area contributed by atoms with Crippen LogP contribution in [-0.2, 0) is 11.2 Å². The van der Waals surface area contributed by atoms with Crippen molar-refractivity contribution >= 4 is 17.3 Å². The van der Waals surface area contributed by atoms with E-state index in [1.54, 1.807) is 0 Å². The lowest BCUT2D eigenvalue weighted by atomic mass is 10.0. The molecule has 17 heavy (non-hydrogen) atoms. The fourth-order valence-electron chi connectivity index (χ4n) is 1.99. The molecular formula is C14H20N2O. The fourth-order valence-corrected chi connectivity index (χ4v) is 1.99. The molecule has 1 aromatic carbocycles. The van der Waals surface area contributed by atoms with Gasteiger partial charge >= 0.3 is 0 Å². The summed E-state index contributed by atoms with van der Waals surface area (Å²) in [6, 6.07) is 6.13. The molecule has 2 rings (SSSR count). The van der Waals surface area contributed by atoms with E-state index in [1.165, 1.54) is 17.7 Å². The van der Waals surface area contributed by atoms with Gasteiger partial charge in [-0.3, -0.25) is 4.79 Å². The fraction of sp³-hybridized carbons (Fsp3) is 0.500. The van der Waals surface area contributed by atoms with Crippen LogP contribution in [0.4, 0.5) is 11.4 Å². The van der Waals surface area contributed by atoms with Crippen LogP contribution < -0.4 is 10.6 Å². The van der Waals surface area contributed by atoms with Gasteiger partial charge in [-0.15, -0.1) is 0 Å². The van der Waals surface area contributed by atoms with Gasteiger partial charge in [-0.05, 0) is 37.0 Å². The molecule has 2 N–H and O–H groups in total. The molecule has 0 saturated carbocycles. The molecule has 1 aromatic rings. The summed E-state index contributed by atoms with van der Waals surface area (Å²) in [5.41, 5.74) is 3.40. The first kappa shape index (κ1) is 12.0. The number of carbonyl (C=O) groups excluding carboxylic acids is 1. The Labute approximate surface area is 103 Å². The van der Waals surface area contributed by atoms with E-state index >= 15 is 0 Å². The number of nitrogens with one attached hydrogen (secondary N) is 2. The van der Waals surface area contributed by atoms with E-state index < -0.39 is 0 Å². The Morgan fingerprint density at radius 3 is 3.12 bits per heavy atom. The predicted molar refractivity (Wildman–Crippen MR) is 71.3 cm³/mol. The van der Waals surface area contributed by atoms with Gasteiger partial charge in [-0.25, -0.2) is 0 Å². The second-order valence-corrected chi connectivity index (χ2v) is 4.70. The molecule has 1 heterocycles. The summed E-state index contributed by atoms with van der Waals surface area (Å²) < 4.78 is 0.